The minimum absolute atomic E-state index is 0.142. The number of benzene rings is 2. The Morgan fingerprint density at radius 2 is 1.75 bits per heavy atom. The number of aryl methyl sites for hydroxylation is 1. The predicted molar refractivity (Wildman–Crippen MR) is 78.1 cm³/mol. The number of hydrogen-bond donors (Lipinski definition) is 1. The van der Waals surface area contributed by atoms with E-state index in [1.807, 2.05) is 42.5 Å². The number of aromatic nitrogens is 2. The monoisotopic (exact) mass is 266 g/mol. The Morgan fingerprint density at radius 1 is 1.00 bits per heavy atom. The van der Waals surface area contributed by atoms with E-state index in [4.69, 9.17) is 0 Å². The van der Waals surface area contributed by atoms with Crippen LogP contribution < -0.4 is 5.69 Å². The van der Waals surface area contributed by atoms with Gasteiger partial charge in [0.25, 0.3) is 0 Å². The molecule has 0 radical (unpaired) electrons. The molecule has 2 aromatic carbocycles. The van der Waals surface area contributed by atoms with Gasteiger partial charge in [0.1, 0.15) is 5.75 Å². The van der Waals surface area contributed by atoms with E-state index in [1.165, 1.54) is 9.13 Å². The zero-order valence-electron chi connectivity index (χ0n) is 11.0. The van der Waals surface area contributed by atoms with Crippen LogP contribution in [0.25, 0.3) is 16.8 Å². The van der Waals surface area contributed by atoms with Crippen molar-refractivity contribution in [3.05, 3.63) is 71.4 Å². The molecule has 4 nitrogen and oxygen atoms in total. The van der Waals surface area contributed by atoms with E-state index in [9.17, 15) is 9.90 Å². The zero-order valence-corrected chi connectivity index (χ0v) is 11.0. The molecule has 0 aliphatic heterocycles. The highest BCUT2D eigenvalue weighted by Crippen LogP contribution is 2.30. The number of imidazole rings is 1. The van der Waals surface area contributed by atoms with Crippen LogP contribution >= 0.6 is 0 Å². The molecule has 1 heterocycles. The number of phenols is 1. The normalized spacial score (nSPS) is 10.7. The van der Waals surface area contributed by atoms with Crippen molar-refractivity contribution in [1.82, 2.24) is 9.13 Å². The summed E-state index contributed by atoms with van der Waals surface area (Å²) in [6.07, 6.45) is 3.36. The Hall–Kier alpha value is -2.75. The fourth-order valence-electron chi connectivity index (χ4n) is 2.19. The van der Waals surface area contributed by atoms with Crippen LogP contribution in [0.4, 0.5) is 0 Å². The first-order valence-corrected chi connectivity index (χ1v) is 6.29. The van der Waals surface area contributed by atoms with E-state index in [0.29, 0.717) is 5.69 Å². The third-order valence-corrected chi connectivity index (χ3v) is 3.29. The maximum absolute atomic E-state index is 11.9. The van der Waals surface area contributed by atoms with Crippen LogP contribution in [-0.2, 0) is 7.05 Å². The maximum atomic E-state index is 11.9. The number of nitrogens with zero attached hydrogens (tertiary/aromatic N) is 2. The van der Waals surface area contributed by atoms with Crippen LogP contribution in [0.3, 0.4) is 0 Å². The van der Waals surface area contributed by atoms with Crippen LogP contribution in [0.2, 0.25) is 0 Å². The minimum atomic E-state index is -0.142. The topological polar surface area (TPSA) is 47.2 Å². The second kappa shape index (κ2) is 4.74. The molecule has 3 aromatic rings. The fourth-order valence-corrected chi connectivity index (χ4v) is 2.19. The van der Waals surface area contributed by atoms with Crippen LogP contribution in [-0.4, -0.2) is 14.2 Å². The average Bonchev–Trinajstić information content (AvgIpc) is 2.80. The molecule has 0 saturated heterocycles. The van der Waals surface area contributed by atoms with E-state index in [2.05, 4.69) is 0 Å². The lowest BCUT2D eigenvalue weighted by molar-refractivity contribution is 0.477. The van der Waals surface area contributed by atoms with Crippen molar-refractivity contribution < 1.29 is 5.11 Å². The summed E-state index contributed by atoms with van der Waals surface area (Å²) < 4.78 is 2.98. The minimum Gasteiger partial charge on any atom is -0.507 e. The Bertz CT molecular complexity index is 801. The maximum Gasteiger partial charge on any atom is 0.332 e. The Morgan fingerprint density at radius 3 is 2.35 bits per heavy atom. The lowest BCUT2D eigenvalue weighted by Gasteiger charge is -2.07. The molecular formula is C16H14N2O2. The molecule has 4 heteroatoms. The summed E-state index contributed by atoms with van der Waals surface area (Å²) in [7, 11) is 1.69. The first-order valence-electron chi connectivity index (χ1n) is 6.29. The van der Waals surface area contributed by atoms with E-state index in [0.717, 1.165) is 11.1 Å². The van der Waals surface area contributed by atoms with Gasteiger partial charge in [-0.05, 0) is 17.7 Å². The third-order valence-electron chi connectivity index (χ3n) is 3.29. The smallest absolute Gasteiger partial charge is 0.332 e. The first kappa shape index (κ1) is 12.3. The second-order valence-corrected chi connectivity index (χ2v) is 4.63. The average molecular weight is 266 g/mol. The van der Waals surface area contributed by atoms with Crippen LogP contribution in [0.1, 0.15) is 0 Å². The van der Waals surface area contributed by atoms with E-state index < -0.39 is 0 Å². The number of rotatable bonds is 2. The van der Waals surface area contributed by atoms with Gasteiger partial charge in [0.2, 0.25) is 0 Å². The van der Waals surface area contributed by atoms with Crippen LogP contribution in [0, 0.1) is 0 Å². The van der Waals surface area contributed by atoms with Gasteiger partial charge in [0.05, 0.1) is 5.69 Å². The Labute approximate surface area is 116 Å². The molecule has 0 bridgehead atoms. The van der Waals surface area contributed by atoms with Crippen molar-refractivity contribution in [3.63, 3.8) is 0 Å². The van der Waals surface area contributed by atoms with Crippen molar-refractivity contribution in [3.8, 4) is 22.6 Å². The molecule has 0 amide bonds. The summed E-state index contributed by atoms with van der Waals surface area (Å²) in [4.78, 5) is 11.9. The van der Waals surface area contributed by atoms with Crippen molar-refractivity contribution in [2.75, 3.05) is 0 Å². The lowest BCUT2D eigenvalue weighted by Crippen LogP contribution is -2.20. The number of hydrogen-bond acceptors (Lipinski definition) is 2. The molecule has 1 aromatic heterocycles. The largest absolute Gasteiger partial charge is 0.507 e. The van der Waals surface area contributed by atoms with E-state index >= 15 is 0 Å². The fraction of sp³-hybridized carbons (Fsp3) is 0.0625. The predicted octanol–water partition coefficient (Wildman–Crippen LogP) is 2.55. The molecule has 0 aliphatic rings. The summed E-state index contributed by atoms with van der Waals surface area (Å²) in [6, 6.07) is 14.9. The van der Waals surface area contributed by atoms with Gasteiger partial charge in [-0.2, -0.15) is 0 Å². The van der Waals surface area contributed by atoms with Gasteiger partial charge in [0, 0.05) is 31.1 Å². The van der Waals surface area contributed by atoms with Crippen molar-refractivity contribution in [2.45, 2.75) is 0 Å². The molecular weight excluding hydrogens is 252 g/mol. The summed E-state index contributed by atoms with van der Waals surface area (Å²) in [5.41, 5.74) is 2.19. The first-order chi connectivity index (χ1) is 9.66. The highest BCUT2D eigenvalue weighted by atomic mass is 16.3. The van der Waals surface area contributed by atoms with Gasteiger partial charge in [-0.1, -0.05) is 30.3 Å². The Balaban J connectivity index is 2.09. The lowest BCUT2D eigenvalue weighted by atomic mass is 10.0. The molecule has 0 spiro atoms. The quantitative estimate of drug-likeness (QED) is 0.775. The molecule has 0 aliphatic carbocycles. The zero-order chi connectivity index (χ0) is 14.1. The van der Waals surface area contributed by atoms with Crippen molar-refractivity contribution in [2.24, 2.45) is 7.05 Å². The highest BCUT2D eigenvalue weighted by Gasteiger charge is 2.08. The molecule has 100 valence electrons. The van der Waals surface area contributed by atoms with Gasteiger partial charge in [-0.15, -0.1) is 0 Å². The molecule has 20 heavy (non-hydrogen) atoms. The van der Waals surface area contributed by atoms with Gasteiger partial charge < -0.3 is 9.67 Å². The van der Waals surface area contributed by atoms with Crippen LogP contribution in [0.5, 0.6) is 5.75 Å². The standard InChI is InChI=1S/C16H14N2O2/c1-17-9-10-18(16(17)20)13-7-8-14(15(19)11-13)12-5-3-2-4-6-12/h2-11,19H,1H3. The van der Waals surface area contributed by atoms with Crippen molar-refractivity contribution in [1.29, 1.82) is 0 Å². The molecule has 3 rings (SSSR count). The molecule has 1 N–H and O–H groups in total. The SMILES string of the molecule is Cn1ccn(-c2ccc(-c3ccccc3)c(O)c2)c1=O. The summed E-state index contributed by atoms with van der Waals surface area (Å²) in [6.45, 7) is 0. The molecule has 0 fully saturated rings. The second-order valence-electron chi connectivity index (χ2n) is 4.63. The summed E-state index contributed by atoms with van der Waals surface area (Å²) in [5.74, 6) is 0.157. The van der Waals surface area contributed by atoms with Gasteiger partial charge >= 0.3 is 5.69 Å². The number of aromatic hydroxyl groups is 1. The van der Waals surface area contributed by atoms with Gasteiger partial charge in [-0.3, -0.25) is 4.57 Å². The highest BCUT2D eigenvalue weighted by molar-refractivity contribution is 5.71. The van der Waals surface area contributed by atoms with Gasteiger partial charge in [-0.25, -0.2) is 4.79 Å². The van der Waals surface area contributed by atoms with E-state index in [-0.39, 0.29) is 11.4 Å². The number of phenolic OH excluding ortho intramolecular Hbond substituents is 1. The molecule has 0 unspecified atom stereocenters. The van der Waals surface area contributed by atoms with E-state index in [1.54, 1.807) is 25.5 Å². The third kappa shape index (κ3) is 2.01. The Kier molecular flexibility index (Phi) is 2.91. The van der Waals surface area contributed by atoms with Gasteiger partial charge in [0.15, 0.2) is 0 Å². The summed E-state index contributed by atoms with van der Waals surface area (Å²) in [5, 5.41) is 10.2. The summed E-state index contributed by atoms with van der Waals surface area (Å²) >= 11 is 0. The van der Waals surface area contributed by atoms with Crippen molar-refractivity contribution >= 4 is 0 Å². The van der Waals surface area contributed by atoms with Crippen LogP contribution in [0.15, 0.2) is 65.7 Å². The molecule has 0 atom stereocenters. The molecule has 0 saturated carbocycles.